The van der Waals surface area contributed by atoms with Gasteiger partial charge >= 0.3 is 0 Å². The van der Waals surface area contributed by atoms with E-state index in [1.54, 1.807) is 0 Å². The molecule has 0 aliphatic carbocycles. The molecular formula is C13H7FN2O. The molecule has 1 heterocycles. The van der Waals surface area contributed by atoms with E-state index in [1.807, 2.05) is 6.07 Å². The lowest BCUT2D eigenvalue weighted by molar-refractivity contribution is 0.103. The molecule has 1 aromatic carbocycles. The molecule has 0 aliphatic heterocycles. The number of carbonyl (C=O) groups excluding carboxylic acids is 1. The Morgan fingerprint density at radius 3 is 2.53 bits per heavy atom. The zero-order valence-corrected chi connectivity index (χ0v) is 8.72. The molecule has 0 atom stereocenters. The third-order valence-electron chi connectivity index (χ3n) is 2.24. The fraction of sp³-hybridized carbons (Fsp3) is 0. The minimum atomic E-state index is -0.394. The minimum Gasteiger partial charge on any atom is -0.289 e. The van der Waals surface area contributed by atoms with Gasteiger partial charge < -0.3 is 0 Å². The number of aromatic nitrogens is 1. The molecule has 3 nitrogen and oxygen atoms in total. The molecule has 0 bridgehead atoms. The average Bonchev–Trinajstić information content (AvgIpc) is 2.39. The Balaban J connectivity index is 2.37. The van der Waals surface area contributed by atoms with Gasteiger partial charge in [0.15, 0.2) is 5.78 Å². The van der Waals surface area contributed by atoms with Gasteiger partial charge in [-0.05, 0) is 36.4 Å². The number of halogens is 1. The monoisotopic (exact) mass is 226 g/mol. The summed E-state index contributed by atoms with van der Waals surface area (Å²) >= 11 is 0. The molecule has 0 radical (unpaired) electrons. The second kappa shape index (κ2) is 4.54. The molecule has 2 aromatic rings. The lowest BCUT2D eigenvalue weighted by Gasteiger charge is -2.00. The Hall–Kier alpha value is -2.54. The van der Waals surface area contributed by atoms with Crippen molar-refractivity contribution in [1.82, 2.24) is 4.98 Å². The van der Waals surface area contributed by atoms with Crippen LogP contribution in [0.3, 0.4) is 0 Å². The number of carbonyl (C=O) groups is 1. The molecule has 0 saturated carbocycles. The summed E-state index contributed by atoms with van der Waals surface area (Å²) in [5.74, 6) is -0.655. The number of benzene rings is 1. The van der Waals surface area contributed by atoms with Crippen molar-refractivity contribution in [2.45, 2.75) is 0 Å². The fourth-order valence-corrected chi connectivity index (χ4v) is 1.40. The minimum absolute atomic E-state index is 0.179. The Bertz CT molecular complexity index is 600. The summed E-state index contributed by atoms with van der Waals surface area (Å²) in [5.41, 5.74) is 0.919. The Morgan fingerprint density at radius 1 is 1.18 bits per heavy atom. The first-order chi connectivity index (χ1) is 8.20. The topological polar surface area (TPSA) is 53.8 Å². The van der Waals surface area contributed by atoms with Crippen LogP contribution in [0.5, 0.6) is 0 Å². The van der Waals surface area contributed by atoms with Gasteiger partial charge in [-0.15, -0.1) is 0 Å². The van der Waals surface area contributed by atoms with Gasteiger partial charge in [-0.1, -0.05) is 0 Å². The number of pyridine rings is 1. The quantitative estimate of drug-likeness (QED) is 0.738. The Kier molecular flexibility index (Phi) is 2.93. The van der Waals surface area contributed by atoms with E-state index >= 15 is 0 Å². The molecule has 0 N–H and O–H groups in total. The van der Waals surface area contributed by atoms with Crippen molar-refractivity contribution < 1.29 is 9.18 Å². The maximum atomic E-state index is 12.7. The van der Waals surface area contributed by atoms with E-state index in [0.717, 1.165) is 0 Å². The van der Waals surface area contributed by atoms with E-state index in [4.69, 9.17) is 5.26 Å². The van der Waals surface area contributed by atoms with Crippen LogP contribution in [0.15, 0.2) is 42.6 Å². The highest BCUT2D eigenvalue weighted by atomic mass is 19.1. The molecule has 1 aromatic heterocycles. The summed E-state index contributed by atoms with van der Waals surface area (Å²) in [6, 6.07) is 10.0. The van der Waals surface area contributed by atoms with Gasteiger partial charge in [-0.3, -0.25) is 4.79 Å². The zero-order chi connectivity index (χ0) is 12.3. The molecule has 0 saturated heterocycles. The molecular weight excluding hydrogens is 219 g/mol. The zero-order valence-electron chi connectivity index (χ0n) is 8.72. The van der Waals surface area contributed by atoms with E-state index < -0.39 is 5.82 Å². The number of rotatable bonds is 2. The average molecular weight is 226 g/mol. The molecule has 0 unspecified atom stereocenters. The number of nitriles is 1. The summed E-state index contributed by atoms with van der Waals surface area (Å²) < 4.78 is 12.7. The molecule has 0 fully saturated rings. The third kappa shape index (κ3) is 2.34. The maximum absolute atomic E-state index is 12.7. The van der Waals surface area contributed by atoms with Gasteiger partial charge in [0.25, 0.3) is 0 Å². The van der Waals surface area contributed by atoms with Crippen LogP contribution in [-0.2, 0) is 0 Å². The van der Waals surface area contributed by atoms with Crippen LogP contribution in [0.1, 0.15) is 21.6 Å². The number of nitrogens with zero attached hydrogens (tertiary/aromatic N) is 2. The van der Waals surface area contributed by atoms with Crippen molar-refractivity contribution in [2.75, 3.05) is 0 Å². The molecule has 2 rings (SSSR count). The lowest BCUT2D eigenvalue weighted by atomic mass is 10.0. The fourth-order valence-electron chi connectivity index (χ4n) is 1.40. The normalized spacial score (nSPS) is 9.65. The number of hydrogen-bond donors (Lipinski definition) is 0. The maximum Gasteiger partial charge on any atom is 0.193 e. The lowest BCUT2D eigenvalue weighted by Crippen LogP contribution is -2.02. The first kappa shape index (κ1) is 11.0. The van der Waals surface area contributed by atoms with Crippen LogP contribution in [-0.4, -0.2) is 10.8 Å². The van der Waals surface area contributed by atoms with Gasteiger partial charge in [0, 0.05) is 17.3 Å². The molecule has 0 amide bonds. The van der Waals surface area contributed by atoms with Crippen LogP contribution >= 0.6 is 0 Å². The van der Waals surface area contributed by atoms with Crippen molar-refractivity contribution in [1.29, 1.82) is 5.26 Å². The van der Waals surface area contributed by atoms with E-state index in [0.29, 0.717) is 11.1 Å². The van der Waals surface area contributed by atoms with Crippen LogP contribution in [0.4, 0.5) is 4.39 Å². The summed E-state index contributed by atoms with van der Waals surface area (Å²) in [6.45, 7) is 0. The molecule has 4 heteroatoms. The number of hydrogen-bond acceptors (Lipinski definition) is 3. The first-order valence-electron chi connectivity index (χ1n) is 4.87. The highest BCUT2D eigenvalue weighted by molar-refractivity contribution is 6.09. The highest BCUT2D eigenvalue weighted by Gasteiger charge is 2.09. The van der Waals surface area contributed by atoms with Crippen molar-refractivity contribution in [2.24, 2.45) is 0 Å². The first-order valence-corrected chi connectivity index (χ1v) is 4.87. The third-order valence-corrected chi connectivity index (χ3v) is 2.24. The van der Waals surface area contributed by atoms with Crippen molar-refractivity contribution in [3.63, 3.8) is 0 Å². The Morgan fingerprint density at radius 2 is 1.88 bits per heavy atom. The molecule has 0 aliphatic rings. The van der Waals surface area contributed by atoms with Gasteiger partial charge in [-0.25, -0.2) is 9.37 Å². The van der Waals surface area contributed by atoms with Gasteiger partial charge in [0.1, 0.15) is 17.6 Å². The summed E-state index contributed by atoms with van der Waals surface area (Å²) in [5, 5.41) is 8.68. The van der Waals surface area contributed by atoms with Crippen LogP contribution in [0, 0.1) is 17.1 Å². The predicted octanol–water partition coefficient (Wildman–Crippen LogP) is 2.32. The van der Waals surface area contributed by atoms with E-state index in [2.05, 4.69) is 4.98 Å². The predicted molar refractivity (Wildman–Crippen MR) is 58.8 cm³/mol. The SMILES string of the molecule is N#Cc1cc(C(=O)c2ccc(F)cc2)ccn1. The van der Waals surface area contributed by atoms with Crippen molar-refractivity contribution in [3.05, 3.63) is 65.2 Å². The molecule has 82 valence electrons. The van der Waals surface area contributed by atoms with E-state index in [1.165, 1.54) is 42.6 Å². The van der Waals surface area contributed by atoms with Crippen molar-refractivity contribution >= 4 is 5.78 Å². The largest absolute Gasteiger partial charge is 0.289 e. The van der Waals surface area contributed by atoms with Crippen molar-refractivity contribution in [3.8, 4) is 6.07 Å². The summed E-state index contributed by atoms with van der Waals surface area (Å²) in [7, 11) is 0. The standard InChI is InChI=1S/C13H7FN2O/c14-11-3-1-9(2-4-11)13(17)10-5-6-16-12(7-10)8-15/h1-7H. The van der Waals surface area contributed by atoms with Gasteiger partial charge in [0.2, 0.25) is 0 Å². The van der Waals surface area contributed by atoms with Crippen LogP contribution in [0.25, 0.3) is 0 Å². The second-order valence-corrected chi connectivity index (χ2v) is 3.38. The summed E-state index contributed by atoms with van der Waals surface area (Å²) in [4.78, 5) is 15.7. The van der Waals surface area contributed by atoms with E-state index in [-0.39, 0.29) is 11.5 Å². The second-order valence-electron chi connectivity index (χ2n) is 3.38. The van der Waals surface area contributed by atoms with E-state index in [9.17, 15) is 9.18 Å². The number of ketones is 1. The molecule has 17 heavy (non-hydrogen) atoms. The smallest absolute Gasteiger partial charge is 0.193 e. The molecule has 0 spiro atoms. The highest BCUT2D eigenvalue weighted by Crippen LogP contribution is 2.11. The van der Waals surface area contributed by atoms with Gasteiger partial charge in [0.05, 0.1) is 0 Å². The van der Waals surface area contributed by atoms with Gasteiger partial charge in [-0.2, -0.15) is 5.26 Å². The Labute approximate surface area is 97.2 Å². The van der Waals surface area contributed by atoms with Crippen LogP contribution in [0.2, 0.25) is 0 Å². The van der Waals surface area contributed by atoms with Crippen LogP contribution < -0.4 is 0 Å². The summed E-state index contributed by atoms with van der Waals surface area (Å²) in [6.07, 6.45) is 1.40.